The first-order chi connectivity index (χ1) is 8.16. The minimum Gasteiger partial charge on any atom is -0.351 e. The number of aromatic amines is 1. The second-order valence-electron chi connectivity index (χ2n) is 4.42. The van der Waals surface area contributed by atoms with Crippen LogP contribution in [0.5, 0.6) is 0 Å². The second-order valence-corrected chi connectivity index (χ2v) is 5.26. The zero-order valence-electron chi connectivity index (χ0n) is 9.15. The Kier molecular flexibility index (Phi) is 2.64. The summed E-state index contributed by atoms with van der Waals surface area (Å²) in [5, 5.41) is 2.18. The van der Waals surface area contributed by atoms with Crippen LogP contribution in [0.4, 0.5) is 0 Å². The number of halogens is 2. The van der Waals surface area contributed by atoms with E-state index in [0.717, 1.165) is 41.4 Å². The molecule has 4 heteroatoms. The average molecular weight is 268 g/mol. The number of carbonyl (C=O) groups is 1. The predicted molar refractivity (Wildman–Crippen MR) is 70.2 cm³/mol. The molecule has 0 saturated heterocycles. The molecule has 0 bridgehead atoms. The summed E-state index contributed by atoms with van der Waals surface area (Å²) in [5.74, 6) is 0.181. The second kappa shape index (κ2) is 4.04. The first-order valence-corrected chi connectivity index (χ1v) is 6.45. The van der Waals surface area contributed by atoms with Gasteiger partial charge in [0.25, 0.3) is 0 Å². The summed E-state index contributed by atoms with van der Waals surface area (Å²) >= 11 is 12.2. The van der Waals surface area contributed by atoms with E-state index >= 15 is 0 Å². The van der Waals surface area contributed by atoms with Crippen molar-refractivity contribution in [3.8, 4) is 0 Å². The van der Waals surface area contributed by atoms with Gasteiger partial charge in [0, 0.05) is 16.8 Å². The molecule has 1 aromatic carbocycles. The maximum Gasteiger partial charge on any atom is 0.179 e. The molecule has 1 N–H and O–H groups in total. The third kappa shape index (κ3) is 1.76. The number of ketones is 1. The Labute approximate surface area is 109 Å². The molecule has 0 atom stereocenters. The van der Waals surface area contributed by atoms with Crippen LogP contribution in [0.25, 0.3) is 10.9 Å². The Morgan fingerprint density at radius 1 is 1.12 bits per heavy atom. The summed E-state index contributed by atoms with van der Waals surface area (Å²) in [5.41, 5.74) is 2.63. The maximum atomic E-state index is 12.0. The van der Waals surface area contributed by atoms with Gasteiger partial charge >= 0.3 is 0 Å². The van der Waals surface area contributed by atoms with E-state index < -0.39 is 0 Å². The molecule has 0 spiro atoms. The molecular formula is C13H11Cl2NO. The molecule has 1 aromatic heterocycles. The number of fused-ring (bicyclic) bond motifs is 3. The fourth-order valence-corrected chi connectivity index (χ4v) is 3.02. The Morgan fingerprint density at radius 2 is 1.88 bits per heavy atom. The average Bonchev–Trinajstić information content (AvgIpc) is 2.53. The first kappa shape index (κ1) is 11.1. The van der Waals surface area contributed by atoms with Gasteiger partial charge in [-0.2, -0.15) is 0 Å². The zero-order valence-corrected chi connectivity index (χ0v) is 10.7. The third-order valence-corrected chi connectivity index (χ3v) is 3.81. The van der Waals surface area contributed by atoms with Gasteiger partial charge in [-0.15, -0.1) is 0 Å². The molecule has 88 valence electrons. The number of rotatable bonds is 0. The van der Waals surface area contributed by atoms with E-state index in [1.807, 2.05) is 6.07 Å². The first-order valence-electron chi connectivity index (χ1n) is 5.69. The number of hydrogen-bond acceptors (Lipinski definition) is 1. The van der Waals surface area contributed by atoms with Gasteiger partial charge in [0.05, 0.1) is 16.2 Å². The van der Waals surface area contributed by atoms with Crippen molar-refractivity contribution >= 4 is 39.9 Å². The minimum atomic E-state index is 0.181. The molecule has 1 aliphatic rings. The van der Waals surface area contributed by atoms with Gasteiger partial charge in [-0.3, -0.25) is 4.79 Å². The van der Waals surface area contributed by atoms with Crippen LogP contribution < -0.4 is 0 Å². The molecule has 1 aliphatic carbocycles. The molecule has 0 radical (unpaired) electrons. The van der Waals surface area contributed by atoms with Gasteiger partial charge in [0.1, 0.15) is 0 Å². The van der Waals surface area contributed by atoms with Gasteiger partial charge in [-0.05, 0) is 37.0 Å². The molecule has 3 rings (SSSR count). The number of H-pyrrole nitrogens is 1. The molecule has 2 nitrogen and oxygen atoms in total. The SMILES string of the molecule is O=C1CCCCc2c1[nH]c1c(Cl)cc(Cl)cc21. The van der Waals surface area contributed by atoms with Crippen molar-refractivity contribution in [3.05, 3.63) is 33.4 Å². The van der Waals surface area contributed by atoms with Gasteiger partial charge in [0.2, 0.25) is 0 Å². The minimum absolute atomic E-state index is 0.181. The molecule has 17 heavy (non-hydrogen) atoms. The summed E-state index contributed by atoms with van der Waals surface area (Å²) < 4.78 is 0. The number of nitrogens with one attached hydrogen (secondary N) is 1. The van der Waals surface area contributed by atoms with Crippen molar-refractivity contribution < 1.29 is 4.79 Å². The van der Waals surface area contributed by atoms with Crippen molar-refractivity contribution in [1.82, 2.24) is 4.98 Å². The highest BCUT2D eigenvalue weighted by atomic mass is 35.5. The largest absolute Gasteiger partial charge is 0.351 e. The van der Waals surface area contributed by atoms with Gasteiger partial charge in [0.15, 0.2) is 5.78 Å². The van der Waals surface area contributed by atoms with Crippen molar-refractivity contribution in [2.24, 2.45) is 0 Å². The van der Waals surface area contributed by atoms with E-state index in [-0.39, 0.29) is 5.78 Å². The fourth-order valence-electron chi connectivity index (χ4n) is 2.48. The maximum absolute atomic E-state index is 12.0. The van der Waals surface area contributed by atoms with Crippen LogP contribution in [0.1, 0.15) is 35.3 Å². The van der Waals surface area contributed by atoms with Crippen LogP contribution in [0, 0.1) is 0 Å². The molecule has 0 aliphatic heterocycles. The number of Topliss-reactive ketones (excluding diaryl/α,β-unsaturated/α-hetero) is 1. The van der Waals surface area contributed by atoms with Gasteiger partial charge in [-0.1, -0.05) is 23.2 Å². The molecule has 1 heterocycles. The Hall–Kier alpha value is -0.990. The summed E-state index contributed by atoms with van der Waals surface area (Å²) in [6, 6.07) is 3.59. The lowest BCUT2D eigenvalue weighted by Crippen LogP contribution is -1.98. The van der Waals surface area contributed by atoms with Crippen molar-refractivity contribution in [1.29, 1.82) is 0 Å². The normalized spacial score (nSPS) is 16.0. The van der Waals surface area contributed by atoms with E-state index in [2.05, 4.69) is 4.98 Å². The topological polar surface area (TPSA) is 32.9 Å². The number of aromatic nitrogens is 1. The highest BCUT2D eigenvalue weighted by Gasteiger charge is 2.21. The number of benzene rings is 1. The Bertz CT molecular complexity index is 615. The highest BCUT2D eigenvalue weighted by Crippen LogP contribution is 2.34. The lowest BCUT2D eigenvalue weighted by Gasteiger charge is -1.99. The fraction of sp³-hybridized carbons (Fsp3) is 0.308. The smallest absolute Gasteiger partial charge is 0.179 e. The third-order valence-electron chi connectivity index (χ3n) is 3.29. The molecule has 0 unspecified atom stereocenters. The summed E-state index contributed by atoms with van der Waals surface area (Å²) in [6.07, 6.45) is 3.52. The zero-order chi connectivity index (χ0) is 12.0. The van der Waals surface area contributed by atoms with E-state index in [0.29, 0.717) is 16.5 Å². The van der Waals surface area contributed by atoms with E-state index in [4.69, 9.17) is 23.2 Å². The quantitative estimate of drug-likeness (QED) is 0.706. The molecule has 2 aromatic rings. The monoisotopic (exact) mass is 267 g/mol. The summed E-state index contributed by atoms with van der Waals surface area (Å²) in [7, 11) is 0. The summed E-state index contributed by atoms with van der Waals surface area (Å²) in [6.45, 7) is 0. The standard InChI is InChI=1S/C13H11Cl2NO/c14-7-5-9-8-3-1-2-4-11(17)13(8)16-12(9)10(15)6-7/h5-6,16H,1-4H2. The van der Waals surface area contributed by atoms with Crippen LogP contribution in [-0.2, 0) is 6.42 Å². The summed E-state index contributed by atoms with van der Waals surface area (Å²) in [4.78, 5) is 15.1. The van der Waals surface area contributed by atoms with Gasteiger partial charge < -0.3 is 4.98 Å². The molecule has 0 amide bonds. The molecule has 0 saturated carbocycles. The molecular weight excluding hydrogens is 257 g/mol. The Balaban J connectivity index is 2.35. The van der Waals surface area contributed by atoms with Crippen LogP contribution >= 0.6 is 23.2 Å². The van der Waals surface area contributed by atoms with Crippen molar-refractivity contribution in [2.45, 2.75) is 25.7 Å². The van der Waals surface area contributed by atoms with Crippen molar-refractivity contribution in [3.63, 3.8) is 0 Å². The van der Waals surface area contributed by atoms with Crippen LogP contribution in [0.3, 0.4) is 0 Å². The number of hydrogen-bond donors (Lipinski definition) is 1. The van der Waals surface area contributed by atoms with Crippen molar-refractivity contribution in [2.75, 3.05) is 0 Å². The van der Waals surface area contributed by atoms with Crippen LogP contribution in [-0.4, -0.2) is 10.8 Å². The number of carbonyl (C=O) groups excluding carboxylic acids is 1. The highest BCUT2D eigenvalue weighted by molar-refractivity contribution is 6.38. The molecule has 0 fully saturated rings. The van der Waals surface area contributed by atoms with Gasteiger partial charge in [-0.25, -0.2) is 0 Å². The lowest BCUT2D eigenvalue weighted by molar-refractivity contribution is 0.0978. The Morgan fingerprint density at radius 3 is 2.71 bits per heavy atom. The van der Waals surface area contributed by atoms with Crippen LogP contribution in [0.15, 0.2) is 12.1 Å². The van der Waals surface area contributed by atoms with E-state index in [9.17, 15) is 4.79 Å². The predicted octanol–water partition coefficient (Wildman–Crippen LogP) is 4.38. The number of aryl methyl sites for hydroxylation is 1. The lowest BCUT2D eigenvalue weighted by atomic mass is 10.1. The van der Waals surface area contributed by atoms with Crippen LogP contribution in [0.2, 0.25) is 10.0 Å². The van der Waals surface area contributed by atoms with E-state index in [1.165, 1.54) is 0 Å². The van der Waals surface area contributed by atoms with E-state index in [1.54, 1.807) is 6.07 Å².